The van der Waals surface area contributed by atoms with Crippen molar-refractivity contribution in [2.24, 2.45) is 0 Å². The Kier molecular flexibility index (Phi) is 63.8. The van der Waals surface area contributed by atoms with E-state index in [-0.39, 0.29) is 31.1 Å². The molecule has 456 valence electrons. The third kappa shape index (κ3) is 64.6. The monoisotopic (exact) mass is 1110 g/mol. The fraction of sp³-hybridized carbons (Fsp3) is 0.689. The highest BCUT2D eigenvalue weighted by atomic mass is 16.6. The van der Waals surface area contributed by atoms with Crippen LogP contribution in [-0.2, 0) is 28.6 Å². The van der Waals surface area contributed by atoms with E-state index in [2.05, 4.69) is 142 Å². The van der Waals surface area contributed by atoms with Crippen LogP contribution in [0.1, 0.15) is 310 Å². The number of hydrogen-bond donors (Lipinski definition) is 0. The lowest BCUT2D eigenvalue weighted by Gasteiger charge is -2.18. The lowest BCUT2D eigenvalue weighted by molar-refractivity contribution is -0.167. The summed E-state index contributed by atoms with van der Waals surface area (Å²) in [5.41, 5.74) is 0. The summed E-state index contributed by atoms with van der Waals surface area (Å²) in [6.45, 7) is 6.47. The molecule has 0 spiro atoms. The minimum atomic E-state index is -0.792. The molecule has 0 aliphatic carbocycles. The molecule has 0 saturated heterocycles. The average molecular weight is 1110 g/mol. The standard InChI is InChI=1S/C74H124O6/c1-4-7-10-13-16-19-22-25-27-29-31-32-33-34-35-36-37-38-39-40-41-42-44-45-47-49-52-55-58-61-64-67-73(76)79-70-71(69-78-72(75)66-63-60-57-54-51-24-21-18-15-12-9-6-3)80-74(77)68-65-62-59-56-53-50-48-46-43-30-28-26-23-20-17-14-11-8-5-2/h7,10,16-21,25-28,31-32,34-35,37-38,43,46,71H,4-6,8-9,11-15,22-24,29-30,33,36,39-42,44-45,47-70H2,1-3H3/b10-7-,19-16-,20-17-,21-18-,27-25-,28-26-,32-31-,35-34-,38-37-,46-43-. The number of ether oxygens (including phenoxy) is 3. The molecule has 80 heavy (non-hydrogen) atoms. The summed E-state index contributed by atoms with van der Waals surface area (Å²) in [5.74, 6) is -0.905. The number of allylic oxidation sites excluding steroid dienone is 20. The summed E-state index contributed by atoms with van der Waals surface area (Å²) < 4.78 is 16.9. The van der Waals surface area contributed by atoms with Gasteiger partial charge in [-0.3, -0.25) is 14.4 Å². The van der Waals surface area contributed by atoms with Gasteiger partial charge >= 0.3 is 17.9 Å². The average Bonchev–Trinajstić information content (AvgIpc) is 3.46. The van der Waals surface area contributed by atoms with Crippen molar-refractivity contribution in [2.75, 3.05) is 13.2 Å². The molecule has 0 aromatic heterocycles. The van der Waals surface area contributed by atoms with Crippen molar-refractivity contribution in [3.8, 4) is 0 Å². The topological polar surface area (TPSA) is 78.9 Å². The largest absolute Gasteiger partial charge is 0.462 e. The molecule has 0 radical (unpaired) electrons. The predicted octanol–water partition coefficient (Wildman–Crippen LogP) is 23.2. The van der Waals surface area contributed by atoms with Gasteiger partial charge in [0, 0.05) is 19.3 Å². The van der Waals surface area contributed by atoms with Crippen LogP contribution in [0.3, 0.4) is 0 Å². The maximum Gasteiger partial charge on any atom is 0.306 e. The Morgan fingerprint density at radius 3 is 0.775 bits per heavy atom. The second-order valence-electron chi connectivity index (χ2n) is 22.0. The fourth-order valence-electron chi connectivity index (χ4n) is 9.15. The first kappa shape index (κ1) is 75.8. The summed E-state index contributed by atoms with van der Waals surface area (Å²) in [5, 5.41) is 0. The maximum absolute atomic E-state index is 12.9. The van der Waals surface area contributed by atoms with Crippen LogP contribution in [0.2, 0.25) is 0 Å². The van der Waals surface area contributed by atoms with Gasteiger partial charge in [0.2, 0.25) is 0 Å². The molecular formula is C74H124O6. The van der Waals surface area contributed by atoms with Crippen molar-refractivity contribution in [1.82, 2.24) is 0 Å². The summed E-state index contributed by atoms with van der Waals surface area (Å²) in [6, 6.07) is 0. The first-order valence-corrected chi connectivity index (χ1v) is 33.5. The highest BCUT2D eigenvalue weighted by Crippen LogP contribution is 2.16. The van der Waals surface area contributed by atoms with Crippen molar-refractivity contribution < 1.29 is 28.6 Å². The van der Waals surface area contributed by atoms with E-state index in [0.717, 1.165) is 128 Å². The minimum Gasteiger partial charge on any atom is -0.462 e. The van der Waals surface area contributed by atoms with E-state index >= 15 is 0 Å². The molecule has 0 heterocycles. The molecule has 0 N–H and O–H groups in total. The van der Waals surface area contributed by atoms with Crippen molar-refractivity contribution in [2.45, 2.75) is 316 Å². The van der Waals surface area contributed by atoms with Gasteiger partial charge < -0.3 is 14.2 Å². The fourth-order valence-corrected chi connectivity index (χ4v) is 9.15. The third-order valence-corrected chi connectivity index (χ3v) is 14.2. The molecule has 0 aromatic rings. The van der Waals surface area contributed by atoms with E-state index in [9.17, 15) is 14.4 Å². The zero-order chi connectivity index (χ0) is 57.8. The zero-order valence-corrected chi connectivity index (χ0v) is 52.3. The van der Waals surface area contributed by atoms with E-state index in [1.165, 1.54) is 141 Å². The number of rotatable bonds is 60. The molecule has 0 aromatic carbocycles. The Morgan fingerprint density at radius 1 is 0.263 bits per heavy atom. The molecule has 0 rings (SSSR count). The zero-order valence-electron chi connectivity index (χ0n) is 52.3. The van der Waals surface area contributed by atoms with Gasteiger partial charge in [0.1, 0.15) is 13.2 Å². The molecular weight excluding hydrogens is 985 g/mol. The number of hydrogen-bond acceptors (Lipinski definition) is 6. The molecule has 6 nitrogen and oxygen atoms in total. The Balaban J connectivity index is 4.27. The van der Waals surface area contributed by atoms with E-state index in [0.29, 0.717) is 19.3 Å². The first-order valence-electron chi connectivity index (χ1n) is 33.5. The predicted molar refractivity (Wildman–Crippen MR) is 348 cm³/mol. The quantitative estimate of drug-likeness (QED) is 0.0261. The van der Waals surface area contributed by atoms with E-state index in [1.807, 2.05) is 0 Å². The lowest BCUT2D eigenvalue weighted by Crippen LogP contribution is -2.30. The summed E-state index contributed by atoms with van der Waals surface area (Å²) >= 11 is 0. The van der Waals surface area contributed by atoms with Gasteiger partial charge in [0.05, 0.1) is 0 Å². The van der Waals surface area contributed by atoms with Crippen LogP contribution in [0.5, 0.6) is 0 Å². The minimum absolute atomic E-state index is 0.0876. The molecule has 0 saturated carbocycles. The molecule has 0 fully saturated rings. The smallest absolute Gasteiger partial charge is 0.306 e. The van der Waals surface area contributed by atoms with Crippen LogP contribution in [0.4, 0.5) is 0 Å². The van der Waals surface area contributed by atoms with E-state index < -0.39 is 6.10 Å². The van der Waals surface area contributed by atoms with Crippen LogP contribution in [-0.4, -0.2) is 37.2 Å². The molecule has 0 aliphatic heterocycles. The Hall–Kier alpha value is -4.19. The maximum atomic E-state index is 12.9. The van der Waals surface area contributed by atoms with Crippen LogP contribution in [0, 0.1) is 0 Å². The Labute approximate surface area is 494 Å². The molecule has 0 aliphatic rings. The normalized spacial score (nSPS) is 12.9. The van der Waals surface area contributed by atoms with Gasteiger partial charge in [-0.2, -0.15) is 0 Å². The molecule has 1 unspecified atom stereocenters. The van der Waals surface area contributed by atoms with Crippen molar-refractivity contribution in [3.63, 3.8) is 0 Å². The van der Waals surface area contributed by atoms with E-state index in [4.69, 9.17) is 14.2 Å². The molecule has 1 atom stereocenters. The van der Waals surface area contributed by atoms with Crippen LogP contribution < -0.4 is 0 Å². The number of carbonyl (C=O) groups excluding carboxylic acids is 3. The van der Waals surface area contributed by atoms with Crippen molar-refractivity contribution >= 4 is 17.9 Å². The van der Waals surface area contributed by atoms with E-state index in [1.54, 1.807) is 0 Å². The highest BCUT2D eigenvalue weighted by molar-refractivity contribution is 5.71. The van der Waals surface area contributed by atoms with Crippen LogP contribution in [0.15, 0.2) is 122 Å². The number of esters is 3. The van der Waals surface area contributed by atoms with Gasteiger partial charge in [0.15, 0.2) is 6.10 Å². The molecule has 0 amide bonds. The van der Waals surface area contributed by atoms with Gasteiger partial charge in [-0.1, -0.05) is 277 Å². The van der Waals surface area contributed by atoms with Crippen LogP contribution >= 0.6 is 0 Å². The lowest BCUT2D eigenvalue weighted by atomic mass is 10.0. The highest BCUT2D eigenvalue weighted by Gasteiger charge is 2.19. The molecule has 0 bridgehead atoms. The van der Waals surface area contributed by atoms with Gasteiger partial charge in [0.25, 0.3) is 0 Å². The van der Waals surface area contributed by atoms with Gasteiger partial charge in [-0.05, 0) is 135 Å². The number of unbranched alkanes of at least 4 members (excludes halogenated alkanes) is 29. The first-order chi connectivity index (χ1) is 39.5. The van der Waals surface area contributed by atoms with Gasteiger partial charge in [-0.15, -0.1) is 0 Å². The van der Waals surface area contributed by atoms with Crippen molar-refractivity contribution in [1.29, 1.82) is 0 Å². The second-order valence-corrected chi connectivity index (χ2v) is 22.0. The Morgan fingerprint density at radius 2 is 0.487 bits per heavy atom. The summed E-state index contributed by atoms with van der Waals surface area (Å²) in [6.07, 6.45) is 93.5. The second kappa shape index (κ2) is 67.3. The third-order valence-electron chi connectivity index (χ3n) is 14.2. The van der Waals surface area contributed by atoms with Crippen LogP contribution in [0.25, 0.3) is 0 Å². The SMILES string of the molecule is CC/C=C\C/C=C\C/C=C\C/C=C\C/C=C\C/C=C\CCCCCCCCCCCCCCC(=O)OCC(COC(=O)CCCCCCC/C=C\CCCCC)OC(=O)CCCCCCCC/C=C\C/C=C\C/C=C\CCCCC. The summed E-state index contributed by atoms with van der Waals surface area (Å²) in [7, 11) is 0. The van der Waals surface area contributed by atoms with Gasteiger partial charge in [-0.25, -0.2) is 0 Å². The number of carbonyl (C=O) groups is 3. The Bertz CT molecular complexity index is 1650. The molecule has 6 heteroatoms. The summed E-state index contributed by atoms with van der Waals surface area (Å²) in [4.78, 5) is 38.3. The van der Waals surface area contributed by atoms with Crippen molar-refractivity contribution in [3.05, 3.63) is 122 Å².